The number of sulfonamides is 1. The highest BCUT2D eigenvalue weighted by atomic mass is 79.9. The highest BCUT2D eigenvalue weighted by Gasteiger charge is 2.30. The van der Waals surface area contributed by atoms with Crippen LogP contribution in [0.5, 0.6) is 5.75 Å². The van der Waals surface area contributed by atoms with E-state index in [-0.39, 0.29) is 34.8 Å². The number of carbonyl (C=O) groups is 1. The zero-order chi connectivity index (χ0) is 24.0. The summed E-state index contributed by atoms with van der Waals surface area (Å²) in [5.74, 6) is -0.275. The molecule has 0 saturated carbocycles. The molecule has 1 amide bonds. The Labute approximate surface area is 207 Å². The van der Waals surface area contributed by atoms with Crippen LogP contribution in [0.15, 0.2) is 82.2 Å². The number of methoxy groups -OCH3 is 1. The summed E-state index contributed by atoms with van der Waals surface area (Å²) in [4.78, 5) is 12.8. The maximum Gasteiger partial charge on any atom is 0.247 e. The summed E-state index contributed by atoms with van der Waals surface area (Å²) in [5, 5.41) is 3.13. The molecule has 0 heterocycles. The van der Waals surface area contributed by atoms with Crippen LogP contribution in [0.2, 0.25) is 5.02 Å². The number of rotatable bonds is 9. The van der Waals surface area contributed by atoms with Gasteiger partial charge in [-0.25, -0.2) is 8.42 Å². The van der Waals surface area contributed by atoms with E-state index in [0.717, 1.165) is 19.9 Å². The lowest BCUT2D eigenvalue weighted by atomic mass is 10.1. The lowest BCUT2D eigenvalue weighted by Crippen LogP contribution is -2.41. The second-order valence-electron chi connectivity index (χ2n) is 7.40. The summed E-state index contributed by atoms with van der Waals surface area (Å²) in [6.07, 6.45) is 0. The highest BCUT2D eigenvalue weighted by Crippen LogP contribution is 2.30. The number of hydrogen-bond donors (Lipinski definition) is 1. The van der Waals surface area contributed by atoms with Gasteiger partial charge in [0.05, 0.1) is 19.7 Å². The third kappa shape index (κ3) is 6.57. The normalized spacial score (nSPS) is 12.4. The lowest BCUT2D eigenvalue weighted by molar-refractivity contribution is -0.122. The predicted octanol–water partition coefficient (Wildman–Crippen LogP) is 5.18. The molecule has 9 heteroatoms. The number of carbonyl (C=O) groups excluding carboxylic acids is 1. The Morgan fingerprint density at radius 2 is 1.82 bits per heavy atom. The quantitative estimate of drug-likeness (QED) is 0.398. The van der Waals surface area contributed by atoms with Crippen LogP contribution in [0.25, 0.3) is 0 Å². The van der Waals surface area contributed by atoms with Crippen LogP contribution in [0.4, 0.5) is 0 Å². The molecular formula is C24H24BrClN2O4S. The van der Waals surface area contributed by atoms with E-state index in [0.29, 0.717) is 0 Å². The average Bonchev–Trinajstić information content (AvgIpc) is 2.79. The first-order valence-electron chi connectivity index (χ1n) is 10.1. The Balaban J connectivity index is 1.90. The van der Waals surface area contributed by atoms with Crippen molar-refractivity contribution in [2.75, 3.05) is 13.7 Å². The zero-order valence-electron chi connectivity index (χ0n) is 18.2. The molecule has 33 heavy (non-hydrogen) atoms. The van der Waals surface area contributed by atoms with Crippen molar-refractivity contribution in [2.24, 2.45) is 0 Å². The van der Waals surface area contributed by atoms with E-state index in [9.17, 15) is 13.2 Å². The molecule has 0 aromatic heterocycles. The third-order valence-corrected chi connectivity index (χ3v) is 7.53. The van der Waals surface area contributed by atoms with E-state index in [1.807, 2.05) is 49.4 Å². The van der Waals surface area contributed by atoms with E-state index in [1.165, 1.54) is 19.2 Å². The predicted molar refractivity (Wildman–Crippen MR) is 133 cm³/mol. The van der Waals surface area contributed by atoms with Crippen molar-refractivity contribution in [1.29, 1.82) is 0 Å². The molecule has 0 saturated heterocycles. The number of hydrogen-bond acceptors (Lipinski definition) is 4. The van der Waals surface area contributed by atoms with Gasteiger partial charge < -0.3 is 10.1 Å². The van der Waals surface area contributed by atoms with Crippen LogP contribution in [0, 0.1) is 0 Å². The summed E-state index contributed by atoms with van der Waals surface area (Å²) in [6.45, 7) is 1.48. The molecule has 0 bridgehead atoms. The van der Waals surface area contributed by atoms with Gasteiger partial charge in [-0.05, 0) is 48.4 Å². The number of benzene rings is 3. The van der Waals surface area contributed by atoms with Gasteiger partial charge in [-0.1, -0.05) is 70.0 Å². The monoisotopic (exact) mass is 550 g/mol. The molecule has 6 nitrogen and oxygen atoms in total. The van der Waals surface area contributed by atoms with Gasteiger partial charge in [-0.3, -0.25) is 4.79 Å². The Hall–Kier alpha value is -2.39. The van der Waals surface area contributed by atoms with Gasteiger partial charge in [0, 0.05) is 16.0 Å². The number of amides is 1. The standard InChI is InChI=1S/C24H24BrClN2O4S/c1-17(19-9-6-10-20(25)13-19)27-24(29)16-28(15-18-7-4-3-5-8-18)33(30,31)23-14-21(26)11-12-22(23)32-2/h3-14,17H,15-16H2,1-2H3,(H,27,29)/t17-/m0/s1. The smallest absolute Gasteiger partial charge is 0.247 e. The minimum Gasteiger partial charge on any atom is -0.495 e. The molecule has 0 spiro atoms. The number of nitrogens with one attached hydrogen (secondary N) is 1. The molecule has 1 atom stereocenters. The molecule has 0 aliphatic carbocycles. The average molecular weight is 552 g/mol. The first-order valence-corrected chi connectivity index (χ1v) is 12.7. The second-order valence-corrected chi connectivity index (χ2v) is 10.7. The largest absolute Gasteiger partial charge is 0.495 e. The molecule has 3 aromatic carbocycles. The van der Waals surface area contributed by atoms with Gasteiger partial charge in [0.25, 0.3) is 0 Å². The molecule has 0 aliphatic rings. The molecule has 3 rings (SSSR count). The van der Waals surface area contributed by atoms with Crippen molar-refractivity contribution in [2.45, 2.75) is 24.4 Å². The van der Waals surface area contributed by atoms with Gasteiger partial charge in [0.1, 0.15) is 10.6 Å². The summed E-state index contributed by atoms with van der Waals surface area (Å²) < 4.78 is 34.5. The lowest BCUT2D eigenvalue weighted by Gasteiger charge is -2.24. The van der Waals surface area contributed by atoms with Gasteiger partial charge in [0.15, 0.2) is 0 Å². The van der Waals surface area contributed by atoms with Crippen molar-refractivity contribution in [3.63, 3.8) is 0 Å². The van der Waals surface area contributed by atoms with Crippen molar-refractivity contribution >= 4 is 43.5 Å². The van der Waals surface area contributed by atoms with Crippen LogP contribution in [-0.2, 0) is 21.4 Å². The van der Waals surface area contributed by atoms with Crippen molar-refractivity contribution in [1.82, 2.24) is 9.62 Å². The Kier molecular flexibility index (Phi) is 8.53. The fourth-order valence-corrected chi connectivity index (χ4v) is 5.53. The Morgan fingerprint density at radius 3 is 2.48 bits per heavy atom. The molecule has 0 aliphatic heterocycles. The van der Waals surface area contributed by atoms with Crippen LogP contribution in [0.1, 0.15) is 24.1 Å². The first kappa shape index (κ1) is 25.2. The van der Waals surface area contributed by atoms with Gasteiger partial charge in [-0.15, -0.1) is 0 Å². The summed E-state index contributed by atoms with van der Waals surface area (Å²) >= 11 is 9.50. The maximum atomic E-state index is 13.6. The van der Waals surface area contributed by atoms with Gasteiger partial charge in [-0.2, -0.15) is 4.31 Å². The van der Waals surface area contributed by atoms with Gasteiger partial charge >= 0.3 is 0 Å². The van der Waals surface area contributed by atoms with Crippen molar-refractivity contribution < 1.29 is 17.9 Å². The third-order valence-electron chi connectivity index (χ3n) is 4.99. The SMILES string of the molecule is COc1ccc(Cl)cc1S(=O)(=O)N(CC(=O)N[C@@H](C)c1cccc(Br)c1)Cc1ccccc1. The van der Waals surface area contributed by atoms with E-state index in [4.69, 9.17) is 16.3 Å². The number of nitrogens with zero attached hydrogens (tertiary/aromatic N) is 1. The maximum absolute atomic E-state index is 13.6. The number of halogens is 2. The van der Waals surface area contributed by atoms with E-state index in [2.05, 4.69) is 21.2 Å². The van der Waals surface area contributed by atoms with E-state index >= 15 is 0 Å². The van der Waals surface area contributed by atoms with Gasteiger partial charge in [0.2, 0.25) is 15.9 Å². The summed E-state index contributed by atoms with van der Waals surface area (Å²) in [7, 11) is -2.73. The fourth-order valence-electron chi connectivity index (χ4n) is 3.31. The molecule has 0 unspecified atom stereocenters. The highest BCUT2D eigenvalue weighted by molar-refractivity contribution is 9.10. The first-order chi connectivity index (χ1) is 15.7. The molecule has 0 radical (unpaired) electrons. The fraction of sp³-hybridized carbons (Fsp3) is 0.208. The minimum atomic E-state index is -4.11. The second kappa shape index (κ2) is 11.2. The number of ether oxygens (including phenoxy) is 1. The molecule has 3 aromatic rings. The van der Waals surface area contributed by atoms with Crippen molar-refractivity contribution in [3.05, 3.63) is 93.4 Å². The Bertz CT molecular complexity index is 1220. The summed E-state index contributed by atoms with van der Waals surface area (Å²) in [6, 6.07) is 20.7. The summed E-state index contributed by atoms with van der Waals surface area (Å²) in [5.41, 5.74) is 1.64. The molecular weight excluding hydrogens is 528 g/mol. The van der Waals surface area contributed by atoms with Crippen LogP contribution >= 0.6 is 27.5 Å². The molecule has 1 N–H and O–H groups in total. The van der Waals surface area contributed by atoms with E-state index < -0.39 is 15.9 Å². The van der Waals surface area contributed by atoms with E-state index in [1.54, 1.807) is 18.2 Å². The van der Waals surface area contributed by atoms with Crippen LogP contribution in [-0.4, -0.2) is 32.3 Å². The zero-order valence-corrected chi connectivity index (χ0v) is 21.3. The topological polar surface area (TPSA) is 75.7 Å². The Morgan fingerprint density at radius 1 is 1.09 bits per heavy atom. The van der Waals surface area contributed by atoms with Crippen LogP contribution in [0.3, 0.4) is 0 Å². The van der Waals surface area contributed by atoms with Crippen molar-refractivity contribution in [3.8, 4) is 5.75 Å². The molecule has 0 fully saturated rings. The minimum absolute atomic E-state index is 0.0114. The molecule has 174 valence electrons. The van der Waals surface area contributed by atoms with Crippen LogP contribution < -0.4 is 10.1 Å².